The van der Waals surface area contributed by atoms with Crippen LogP contribution in [0, 0.1) is 34.5 Å². The molecule has 0 saturated heterocycles. The average molecular weight is 433 g/mol. The third-order valence-corrected chi connectivity index (χ3v) is 9.73. The second-order valence-electron chi connectivity index (χ2n) is 11.8. The fraction of sp³-hybridized carbons (Fsp3) is 0.750. The summed E-state index contributed by atoms with van der Waals surface area (Å²) in [6, 6.07) is 9.14. The molecule has 0 N–H and O–H groups in total. The van der Waals surface area contributed by atoms with Crippen LogP contribution in [-0.4, -0.2) is 0 Å². The number of hydrogen-bond donors (Lipinski definition) is 0. The maximum Gasteiger partial charge on any atom is 0.0319 e. The Balaban J connectivity index is 1.27. The molecule has 4 aliphatic carbocycles. The van der Waals surface area contributed by atoms with Crippen molar-refractivity contribution < 1.29 is 0 Å². The van der Waals surface area contributed by atoms with Crippen LogP contribution in [0.3, 0.4) is 0 Å². The van der Waals surface area contributed by atoms with E-state index in [0.29, 0.717) is 10.8 Å². The molecular weight excluding hydrogens is 384 g/mol. The second-order valence-corrected chi connectivity index (χ2v) is 11.8. The van der Waals surface area contributed by atoms with E-state index in [1.54, 1.807) is 0 Å². The van der Waals surface area contributed by atoms with E-state index < -0.39 is 0 Å². The first-order chi connectivity index (χ1) is 15.7. The van der Waals surface area contributed by atoms with Crippen LogP contribution < -0.4 is 0 Å². The van der Waals surface area contributed by atoms with Gasteiger partial charge in [0.25, 0.3) is 0 Å². The highest BCUT2D eigenvalue weighted by Crippen LogP contribution is 2.62. The number of aryl methyl sites for hydroxylation is 1. The Kier molecular flexibility index (Phi) is 8.43. The number of unbranched alkanes of at least 4 members (excludes halogenated alkanes) is 4. The van der Waals surface area contributed by atoms with E-state index in [9.17, 15) is 0 Å². The van der Waals surface area contributed by atoms with Gasteiger partial charge < -0.3 is 0 Å². The lowest BCUT2D eigenvalue weighted by atomic mass is 9.48. The Labute approximate surface area is 199 Å². The predicted octanol–water partition coefficient (Wildman–Crippen LogP) is 9.50. The lowest BCUT2D eigenvalue weighted by Crippen LogP contribution is -2.45. The minimum Gasteiger partial charge on any atom is -0.0911 e. The Hall–Kier alpha value is -1.22. The van der Waals surface area contributed by atoms with Gasteiger partial charge in [0.05, 0.1) is 0 Å². The summed E-state index contributed by atoms with van der Waals surface area (Å²) < 4.78 is 0. The minimum absolute atomic E-state index is 0.332. The standard InChI is InChI=1S/C32H48/c1-3-5-7-9-27-11-13-29(14-12-27)19-20-31-21-24-32(25-22-31,26-23-31)30-17-15-28(16-18-30)10-8-6-4-2/h11-14,28,30H,3-10,15-18,21-26H2,1-2H3. The van der Waals surface area contributed by atoms with Crippen LogP contribution in [0.15, 0.2) is 24.3 Å². The third kappa shape index (κ3) is 5.82. The zero-order valence-electron chi connectivity index (χ0n) is 21.2. The molecule has 0 amide bonds. The number of benzene rings is 1. The van der Waals surface area contributed by atoms with E-state index in [1.807, 2.05) is 0 Å². The molecule has 32 heavy (non-hydrogen) atoms. The highest BCUT2D eigenvalue weighted by Gasteiger charge is 2.51. The Morgan fingerprint density at radius 2 is 1.38 bits per heavy atom. The SMILES string of the molecule is CCCCCc1ccc(C#CC23CCC(C4CCC(CCCCC)CC4)(CC2)CC3)cc1. The molecule has 0 atom stereocenters. The molecule has 0 aliphatic heterocycles. The van der Waals surface area contributed by atoms with Gasteiger partial charge in [-0.25, -0.2) is 0 Å². The molecule has 0 heteroatoms. The van der Waals surface area contributed by atoms with Gasteiger partial charge in [-0.15, -0.1) is 0 Å². The smallest absolute Gasteiger partial charge is 0.0319 e. The average Bonchev–Trinajstić information content (AvgIpc) is 2.85. The van der Waals surface area contributed by atoms with Crippen molar-refractivity contribution in [2.75, 3.05) is 0 Å². The van der Waals surface area contributed by atoms with E-state index in [0.717, 1.165) is 11.8 Å². The van der Waals surface area contributed by atoms with Crippen molar-refractivity contribution in [3.05, 3.63) is 35.4 Å². The van der Waals surface area contributed by atoms with Gasteiger partial charge in [0.2, 0.25) is 0 Å². The molecule has 4 fully saturated rings. The van der Waals surface area contributed by atoms with Crippen molar-refractivity contribution in [3.63, 3.8) is 0 Å². The van der Waals surface area contributed by atoms with Gasteiger partial charge in [0, 0.05) is 11.0 Å². The number of hydrogen-bond acceptors (Lipinski definition) is 0. The van der Waals surface area contributed by atoms with Crippen molar-refractivity contribution >= 4 is 0 Å². The fourth-order valence-electron chi connectivity index (χ4n) is 7.30. The zero-order valence-corrected chi connectivity index (χ0v) is 21.2. The van der Waals surface area contributed by atoms with E-state index in [2.05, 4.69) is 50.0 Å². The lowest BCUT2D eigenvalue weighted by molar-refractivity contribution is -0.0379. The molecule has 1 aromatic rings. The van der Waals surface area contributed by atoms with Gasteiger partial charge >= 0.3 is 0 Å². The molecule has 176 valence electrons. The van der Waals surface area contributed by atoms with Crippen LogP contribution in [0.25, 0.3) is 0 Å². The van der Waals surface area contributed by atoms with Crippen molar-refractivity contribution in [2.24, 2.45) is 22.7 Å². The predicted molar refractivity (Wildman–Crippen MR) is 139 cm³/mol. The van der Waals surface area contributed by atoms with E-state index >= 15 is 0 Å². The molecule has 0 aromatic heterocycles. The Bertz CT molecular complexity index is 725. The molecule has 0 spiro atoms. The number of fused-ring (bicyclic) bond motifs is 3. The third-order valence-electron chi connectivity index (χ3n) is 9.73. The fourth-order valence-corrected chi connectivity index (χ4v) is 7.30. The summed E-state index contributed by atoms with van der Waals surface area (Å²) in [5, 5.41) is 0. The molecule has 5 rings (SSSR count). The van der Waals surface area contributed by atoms with Crippen LogP contribution >= 0.6 is 0 Å². The van der Waals surface area contributed by atoms with Gasteiger partial charge in [-0.1, -0.05) is 89.2 Å². The van der Waals surface area contributed by atoms with Gasteiger partial charge in [0.1, 0.15) is 0 Å². The van der Waals surface area contributed by atoms with Gasteiger partial charge in [-0.05, 0) is 99.2 Å². The van der Waals surface area contributed by atoms with Crippen molar-refractivity contribution in [1.82, 2.24) is 0 Å². The molecular formula is C32H48. The summed E-state index contributed by atoms with van der Waals surface area (Å²) in [5.74, 6) is 9.48. The maximum atomic E-state index is 3.82. The van der Waals surface area contributed by atoms with Crippen LogP contribution in [0.2, 0.25) is 0 Å². The highest BCUT2D eigenvalue weighted by molar-refractivity contribution is 5.38. The van der Waals surface area contributed by atoms with Crippen molar-refractivity contribution in [1.29, 1.82) is 0 Å². The molecule has 0 radical (unpaired) electrons. The summed E-state index contributed by atoms with van der Waals surface area (Å²) in [6.45, 7) is 4.61. The first kappa shape index (κ1) is 23.9. The summed E-state index contributed by atoms with van der Waals surface area (Å²) in [5.41, 5.74) is 3.72. The number of rotatable bonds is 9. The molecule has 4 aliphatic rings. The van der Waals surface area contributed by atoms with E-state index in [-0.39, 0.29) is 0 Å². The highest BCUT2D eigenvalue weighted by atomic mass is 14.6. The molecule has 0 unspecified atom stereocenters. The molecule has 2 bridgehead atoms. The molecule has 0 heterocycles. The Morgan fingerprint density at radius 3 is 2.00 bits per heavy atom. The first-order valence-electron chi connectivity index (χ1n) is 14.3. The largest absolute Gasteiger partial charge is 0.0911 e. The minimum atomic E-state index is 0.332. The maximum absolute atomic E-state index is 3.82. The monoisotopic (exact) mass is 432 g/mol. The van der Waals surface area contributed by atoms with Crippen molar-refractivity contribution in [3.8, 4) is 11.8 Å². The first-order valence-corrected chi connectivity index (χ1v) is 14.3. The van der Waals surface area contributed by atoms with Crippen LogP contribution in [-0.2, 0) is 6.42 Å². The molecule has 1 aromatic carbocycles. The Morgan fingerprint density at radius 1 is 0.750 bits per heavy atom. The van der Waals surface area contributed by atoms with E-state index in [1.165, 1.54) is 127 Å². The molecule has 0 nitrogen and oxygen atoms in total. The zero-order chi connectivity index (χ0) is 22.3. The van der Waals surface area contributed by atoms with E-state index in [4.69, 9.17) is 0 Å². The van der Waals surface area contributed by atoms with Crippen LogP contribution in [0.4, 0.5) is 0 Å². The lowest BCUT2D eigenvalue weighted by Gasteiger charge is -2.56. The van der Waals surface area contributed by atoms with Crippen LogP contribution in [0.5, 0.6) is 0 Å². The normalized spacial score (nSPS) is 31.8. The summed E-state index contributed by atoms with van der Waals surface area (Å²) >= 11 is 0. The topological polar surface area (TPSA) is 0 Å². The van der Waals surface area contributed by atoms with Gasteiger partial charge in [0.15, 0.2) is 0 Å². The van der Waals surface area contributed by atoms with Crippen molar-refractivity contribution in [2.45, 2.75) is 129 Å². The van der Waals surface area contributed by atoms with Gasteiger partial charge in [-0.2, -0.15) is 0 Å². The molecule has 4 saturated carbocycles. The second kappa shape index (κ2) is 11.3. The van der Waals surface area contributed by atoms with Gasteiger partial charge in [-0.3, -0.25) is 0 Å². The quantitative estimate of drug-likeness (QED) is 0.269. The summed E-state index contributed by atoms with van der Waals surface area (Å²) in [7, 11) is 0. The summed E-state index contributed by atoms with van der Waals surface area (Å²) in [4.78, 5) is 0. The van der Waals surface area contributed by atoms with Crippen LogP contribution in [0.1, 0.15) is 134 Å². The summed E-state index contributed by atoms with van der Waals surface area (Å²) in [6.07, 6.45) is 25.5.